The second kappa shape index (κ2) is 6.40. The number of rotatable bonds is 4. The fraction of sp³-hybridized carbons (Fsp3) is 0.0526. The minimum Gasteiger partial charge on any atom is -0.494 e. The molecule has 0 atom stereocenters. The van der Waals surface area contributed by atoms with Gasteiger partial charge in [-0.2, -0.15) is 0 Å². The van der Waals surface area contributed by atoms with Gasteiger partial charge in [-0.05, 0) is 48.0 Å². The smallest absolute Gasteiger partial charge is 0.185 e. The Hall–Kier alpha value is -3.01. The van der Waals surface area contributed by atoms with Crippen molar-refractivity contribution in [3.05, 3.63) is 77.7 Å². The van der Waals surface area contributed by atoms with Crippen molar-refractivity contribution in [3.8, 4) is 5.75 Å². The first kappa shape index (κ1) is 14.9. The summed E-state index contributed by atoms with van der Waals surface area (Å²) in [5.74, 6) is -0.719. The van der Waals surface area contributed by atoms with Crippen LogP contribution in [0.4, 0.5) is 4.39 Å². The van der Waals surface area contributed by atoms with Gasteiger partial charge in [-0.15, -0.1) is 0 Å². The van der Waals surface area contributed by atoms with E-state index in [1.807, 2.05) is 30.3 Å². The maximum absolute atomic E-state index is 13.6. The number of methoxy groups -OCH3 is 1. The van der Waals surface area contributed by atoms with E-state index in [2.05, 4.69) is 4.98 Å². The number of pyridine rings is 1. The molecular formula is C19H14FNO2. The van der Waals surface area contributed by atoms with Gasteiger partial charge < -0.3 is 4.74 Å². The molecule has 114 valence electrons. The monoisotopic (exact) mass is 307 g/mol. The molecule has 0 saturated heterocycles. The summed E-state index contributed by atoms with van der Waals surface area (Å²) in [6.07, 6.45) is 4.78. The van der Waals surface area contributed by atoms with Crippen molar-refractivity contribution in [3.63, 3.8) is 0 Å². The minimum atomic E-state index is -0.556. The normalized spacial score (nSPS) is 11.0. The number of nitrogens with zero attached hydrogens (tertiary/aromatic N) is 1. The van der Waals surface area contributed by atoms with Crippen molar-refractivity contribution in [2.45, 2.75) is 0 Å². The largest absolute Gasteiger partial charge is 0.494 e. The highest BCUT2D eigenvalue weighted by molar-refractivity contribution is 6.07. The number of ketones is 1. The topological polar surface area (TPSA) is 39.2 Å². The number of carbonyl (C=O) groups is 1. The molecule has 0 fully saturated rings. The van der Waals surface area contributed by atoms with Crippen LogP contribution in [0.5, 0.6) is 5.75 Å². The van der Waals surface area contributed by atoms with Crippen LogP contribution >= 0.6 is 0 Å². The van der Waals surface area contributed by atoms with Crippen LogP contribution in [0.2, 0.25) is 0 Å². The number of hydrogen-bond acceptors (Lipinski definition) is 3. The molecule has 4 heteroatoms. The Morgan fingerprint density at radius 3 is 2.78 bits per heavy atom. The summed E-state index contributed by atoms with van der Waals surface area (Å²) in [7, 11) is 1.38. The zero-order valence-electron chi connectivity index (χ0n) is 12.5. The third kappa shape index (κ3) is 3.26. The predicted molar refractivity (Wildman–Crippen MR) is 88.1 cm³/mol. The Morgan fingerprint density at radius 2 is 2.00 bits per heavy atom. The molecule has 0 N–H and O–H groups in total. The third-order valence-corrected chi connectivity index (χ3v) is 3.48. The molecule has 0 spiro atoms. The van der Waals surface area contributed by atoms with Crippen molar-refractivity contribution < 1.29 is 13.9 Å². The van der Waals surface area contributed by atoms with Gasteiger partial charge in [0.2, 0.25) is 0 Å². The third-order valence-electron chi connectivity index (χ3n) is 3.48. The van der Waals surface area contributed by atoms with Crippen molar-refractivity contribution in [1.29, 1.82) is 0 Å². The van der Waals surface area contributed by atoms with Crippen molar-refractivity contribution in [2.75, 3.05) is 7.11 Å². The Bertz CT molecular complexity index is 903. The van der Waals surface area contributed by atoms with Crippen LogP contribution in [-0.2, 0) is 0 Å². The van der Waals surface area contributed by atoms with Gasteiger partial charge in [-0.25, -0.2) is 4.39 Å². The lowest BCUT2D eigenvalue weighted by Crippen LogP contribution is -1.97. The first-order chi connectivity index (χ1) is 11.2. The maximum Gasteiger partial charge on any atom is 0.185 e. The van der Waals surface area contributed by atoms with Gasteiger partial charge >= 0.3 is 0 Å². The number of hydrogen-bond donors (Lipinski definition) is 0. The second-order valence-corrected chi connectivity index (χ2v) is 5.01. The first-order valence-corrected chi connectivity index (χ1v) is 7.08. The summed E-state index contributed by atoms with van der Waals surface area (Å²) in [5.41, 5.74) is 1.98. The molecule has 0 aliphatic carbocycles. The van der Waals surface area contributed by atoms with Crippen LogP contribution in [0, 0.1) is 5.82 Å². The van der Waals surface area contributed by atoms with E-state index in [-0.39, 0.29) is 17.1 Å². The molecule has 1 aromatic heterocycles. The highest BCUT2D eigenvalue weighted by atomic mass is 19.1. The molecule has 2 aromatic carbocycles. The predicted octanol–water partition coefficient (Wildman–Crippen LogP) is 4.28. The molecule has 0 amide bonds. The molecule has 3 rings (SSSR count). The summed E-state index contributed by atoms with van der Waals surface area (Å²) >= 11 is 0. The Morgan fingerprint density at radius 1 is 1.17 bits per heavy atom. The minimum absolute atomic E-state index is 0.115. The number of para-hydroxylation sites is 1. The zero-order chi connectivity index (χ0) is 16.2. The number of halogens is 1. The van der Waals surface area contributed by atoms with E-state index in [4.69, 9.17) is 4.74 Å². The van der Waals surface area contributed by atoms with Gasteiger partial charge in [0, 0.05) is 17.1 Å². The number of carbonyl (C=O) groups excluding carboxylic acids is 1. The van der Waals surface area contributed by atoms with E-state index in [1.54, 1.807) is 12.3 Å². The molecule has 0 unspecified atom stereocenters. The average molecular weight is 307 g/mol. The van der Waals surface area contributed by atoms with E-state index in [0.717, 1.165) is 16.5 Å². The Kier molecular flexibility index (Phi) is 4.15. The summed E-state index contributed by atoms with van der Waals surface area (Å²) in [4.78, 5) is 16.4. The van der Waals surface area contributed by atoms with E-state index < -0.39 is 5.82 Å². The maximum atomic E-state index is 13.6. The number of fused-ring (bicyclic) bond motifs is 1. The van der Waals surface area contributed by atoms with Gasteiger partial charge in [0.1, 0.15) is 0 Å². The molecule has 1 heterocycles. The van der Waals surface area contributed by atoms with E-state index in [1.165, 1.54) is 31.4 Å². The summed E-state index contributed by atoms with van der Waals surface area (Å²) in [5, 5.41) is 0.998. The summed E-state index contributed by atoms with van der Waals surface area (Å²) in [6, 6.07) is 13.8. The van der Waals surface area contributed by atoms with Crippen LogP contribution in [0.25, 0.3) is 17.0 Å². The van der Waals surface area contributed by atoms with Crippen molar-refractivity contribution in [2.24, 2.45) is 0 Å². The van der Waals surface area contributed by atoms with Crippen molar-refractivity contribution >= 4 is 22.8 Å². The Balaban J connectivity index is 1.83. The van der Waals surface area contributed by atoms with Crippen LogP contribution in [0.3, 0.4) is 0 Å². The van der Waals surface area contributed by atoms with E-state index >= 15 is 0 Å². The molecule has 0 saturated carbocycles. The lowest BCUT2D eigenvalue weighted by Gasteiger charge is -2.02. The quantitative estimate of drug-likeness (QED) is 0.533. The SMILES string of the molecule is COc1ccc(C(=O)/C=C/c2cnc3ccccc3c2)cc1F. The molecule has 0 bridgehead atoms. The fourth-order valence-electron chi connectivity index (χ4n) is 2.27. The van der Waals surface area contributed by atoms with Crippen LogP contribution in [-0.4, -0.2) is 17.9 Å². The van der Waals surface area contributed by atoms with Gasteiger partial charge in [-0.1, -0.05) is 18.2 Å². The number of allylic oxidation sites excluding steroid dienone is 1. The van der Waals surface area contributed by atoms with Gasteiger partial charge in [-0.3, -0.25) is 9.78 Å². The van der Waals surface area contributed by atoms with Gasteiger partial charge in [0.15, 0.2) is 17.3 Å². The Labute approximate surface area is 133 Å². The van der Waals surface area contributed by atoms with Crippen molar-refractivity contribution in [1.82, 2.24) is 4.98 Å². The number of benzene rings is 2. The average Bonchev–Trinajstić information content (AvgIpc) is 2.59. The second-order valence-electron chi connectivity index (χ2n) is 5.01. The van der Waals surface area contributed by atoms with Gasteiger partial charge in [0.25, 0.3) is 0 Å². The van der Waals surface area contributed by atoms with Crippen LogP contribution < -0.4 is 4.74 Å². The van der Waals surface area contributed by atoms with Gasteiger partial charge in [0.05, 0.1) is 12.6 Å². The molecule has 23 heavy (non-hydrogen) atoms. The lowest BCUT2D eigenvalue weighted by molar-refractivity contribution is 0.104. The molecule has 3 aromatic rings. The standard InChI is InChI=1S/C19H14FNO2/c1-23-19-9-7-15(11-16(19)20)18(22)8-6-13-10-14-4-2-3-5-17(14)21-12-13/h2-12H,1H3/b8-6+. The molecule has 3 nitrogen and oxygen atoms in total. The first-order valence-electron chi connectivity index (χ1n) is 7.08. The highest BCUT2D eigenvalue weighted by Gasteiger charge is 2.07. The van der Waals surface area contributed by atoms with E-state index in [9.17, 15) is 9.18 Å². The molecule has 0 aliphatic heterocycles. The molecule has 0 radical (unpaired) electrons. The number of aromatic nitrogens is 1. The van der Waals surface area contributed by atoms with Crippen LogP contribution in [0.15, 0.2) is 60.8 Å². The van der Waals surface area contributed by atoms with Crippen LogP contribution in [0.1, 0.15) is 15.9 Å². The summed E-state index contributed by atoms with van der Waals surface area (Å²) in [6.45, 7) is 0. The fourth-order valence-corrected chi connectivity index (χ4v) is 2.27. The number of ether oxygens (including phenoxy) is 1. The molecule has 0 aliphatic rings. The molecular weight excluding hydrogens is 293 g/mol. The lowest BCUT2D eigenvalue weighted by atomic mass is 10.1. The van der Waals surface area contributed by atoms with E-state index in [0.29, 0.717) is 0 Å². The highest BCUT2D eigenvalue weighted by Crippen LogP contribution is 2.19. The zero-order valence-corrected chi connectivity index (χ0v) is 12.5. The summed E-state index contributed by atoms with van der Waals surface area (Å²) < 4.78 is 18.5.